The van der Waals surface area contributed by atoms with E-state index in [1.165, 1.54) is 32.6 Å². The predicted octanol–water partition coefficient (Wildman–Crippen LogP) is 3.05. The second-order valence-electron chi connectivity index (χ2n) is 9.82. The fraction of sp³-hybridized carbons (Fsp3) is 0.593. The molecule has 240 valence electrons. The van der Waals surface area contributed by atoms with Crippen LogP contribution < -0.4 is 25.4 Å². The minimum Gasteiger partial charge on any atom is -0.575 e. The summed E-state index contributed by atoms with van der Waals surface area (Å²) in [6.45, 7) is 7.90. The second-order valence-corrected chi connectivity index (χ2v) is 10.7. The third-order valence-corrected chi connectivity index (χ3v) is 7.10. The lowest BCUT2D eigenvalue weighted by molar-refractivity contribution is -0.169. The molecule has 1 aromatic heterocycles. The highest BCUT2D eigenvalue weighted by Crippen LogP contribution is 2.41. The molecule has 3 N–H and O–H groups in total. The molecular formula is C27H38F2N3O10P. The summed E-state index contributed by atoms with van der Waals surface area (Å²) in [4.78, 5) is 48.1. The molecule has 6 atom stereocenters. The summed E-state index contributed by atoms with van der Waals surface area (Å²) in [7, 11) is -2.86. The number of aliphatic hydroxyl groups excluding tert-OH is 1. The van der Waals surface area contributed by atoms with Crippen LogP contribution in [-0.4, -0.2) is 69.5 Å². The van der Waals surface area contributed by atoms with Gasteiger partial charge in [-0.25, -0.2) is 18.4 Å². The molecule has 13 nitrogen and oxygen atoms in total. The van der Waals surface area contributed by atoms with Gasteiger partial charge in [-0.2, -0.15) is 0 Å². The van der Waals surface area contributed by atoms with Crippen LogP contribution in [0.1, 0.15) is 59.6 Å². The van der Waals surface area contributed by atoms with Crippen molar-refractivity contribution < 1.29 is 47.4 Å². The van der Waals surface area contributed by atoms with E-state index in [1.54, 1.807) is 0 Å². The number of halogens is 2. The number of hydrogen-bond donors (Lipinski definition) is 3. The highest BCUT2D eigenvalue weighted by molar-refractivity contribution is 7.34. The topological polar surface area (TPSA) is 185 Å². The van der Waals surface area contributed by atoms with Gasteiger partial charge in [0.15, 0.2) is 23.7 Å². The van der Waals surface area contributed by atoms with Gasteiger partial charge in [0, 0.05) is 31.5 Å². The normalized spacial score (nSPS) is 22.4. The average Bonchev–Trinajstić information content (AvgIpc) is 3.16. The number of benzene rings is 1. The third kappa shape index (κ3) is 10.8. The van der Waals surface area contributed by atoms with Gasteiger partial charge in [0.25, 0.3) is 5.56 Å². The maximum absolute atomic E-state index is 15.2. The molecule has 0 saturated carbocycles. The van der Waals surface area contributed by atoms with Crippen LogP contribution in [0.25, 0.3) is 0 Å². The van der Waals surface area contributed by atoms with Gasteiger partial charge in [0.1, 0.15) is 24.6 Å². The number of hydrogen-bond acceptors (Lipinski definition) is 10. The van der Waals surface area contributed by atoms with Gasteiger partial charge in [-0.05, 0) is 38.8 Å². The number of carboxylic acid groups (broad SMARTS) is 1. The zero-order valence-electron chi connectivity index (χ0n) is 24.4. The molecule has 1 saturated heterocycles. The molecule has 0 spiro atoms. The van der Waals surface area contributed by atoms with E-state index in [0.29, 0.717) is 0 Å². The lowest BCUT2D eigenvalue weighted by Crippen LogP contribution is -2.43. The number of nitrogens with one attached hydrogen (secondary N) is 1. The molecule has 2 aromatic rings. The third-order valence-electron chi connectivity index (χ3n) is 6.22. The van der Waals surface area contributed by atoms with E-state index in [2.05, 4.69) is 18.6 Å². The maximum atomic E-state index is 15.2. The van der Waals surface area contributed by atoms with Crippen molar-refractivity contribution in [3.05, 3.63) is 57.1 Å². The maximum Gasteiger partial charge on any atom is 0.395 e. The predicted molar refractivity (Wildman–Crippen MR) is 150 cm³/mol. The summed E-state index contributed by atoms with van der Waals surface area (Å²) in [5.41, 5.74) is -4.15. The minimum atomic E-state index is -2.86. The molecule has 1 fully saturated rings. The number of H-pyrrole nitrogens is 1. The summed E-state index contributed by atoms with van der Waals surface area (Å²) in [5, 5.41) is 19.2. The molecular weight excluding hydrogens is 595 g/mol. The Hall–Kier alpha value is -3.23. The van der Waals surface area contributed by atoms with Gasteiger partial charge >= 0.3 is 19.8 Å². The zero-order valence-corrected chi connectivity index (χ0v) is 25.3. The van der Waals surface area contributed by atoms with Crippen molar-refractivity contribution in [2.45, 2.75) is 83.5 Å². The van der Waals surface area contributed by atoms with E-state index in [9.17, 15) is 28.8 Å². The second kappa shape index (κ2) is 17.2. The molecule has 3 rings (SSSR count). The van der Waals surface area contributed by atoms with Gasteiger partial charge in [0.05, 0.1) is 0 Å². The Bertz CT molecular complexity index is 1330. The number of aromatic nitrogens is 2. The van der Waals surface area contributed by atoms with Crippen LogP contribution in [0.5, 0.6) is 11.5 Å². The van der Waals surface area contributed by atoms with Crippen molar-refractivity contribution >= 4 is 14.1 Å². The quantitative estimate of drug-likeness (QED) is 0.206. The van der Waals surface area contributed by atoms with Crippen molar-refractivity contribution in [1.82, 2.24) is 9.55 Å². The van der Waals surface area contributed by atoms with Crippen LogP contribution in [0.15, 0.2) is 44.8 Å². The van der Waals surface area contributed by atoms with Gasteiger partial charge < -0.3 is 29.3 Å². The number of ether oxygens (including phenoxy) is 3. The summed E-state index contributed by atoms with van der Waals surface area (Å²) in [5.74, 6) is -2.66. The Labute approximate surface area is 248 Å². The van der Waals surface area contributed by atoms with Crippen molar-refractivity contribution in [2.75, 3.05) is 19.8 Å². The largest absolute Gasteiger partial charge is 0.575 e. The van der Waals surface area contributed by atoms with Crippen LogP contribution in [0.2, 0.25) is 0 Å². The van der Waals surface area contributed by atoms with E-state index < -0.39 is 68.0 Å². The first kappa shape index (κ1) is 36.0. The molecule has 0 bridgehead atoms. The number of carbonyl (C=O) groups is 1. The Morgan fingerprint density at radius 1 is 1.23 bits per heavy atom. The SMILES string of the molecule is CCCCOCCCC.C[C@H](N=[P+]([O-])Oc1ccc(F)cc1OC[C@H]1O[C@@H](n2ccc(=O)[nH]c2=O)[C@](C)(F)[C@@H]1O)C(=O)O. The summed E-state index contributed by atoms with van der Waals surface area (Å²) in [6.07, 6.45) is 1.16. The highest BCUT2D eigenvalue weighted by atomic mass is 31.1. The lowest BCUT2D eigenvalue weighted by Gasteiger charge is -2.24. The van der Waals surface area contributed by atoms with Gasteiger partial charge in [0.2, 0.25) is 5.75 Å². The number of aliphatic hydroxyl groups is 1. The molecule has 1 unspecified atom stereocenters. The van der Waals surface area contributed by atoms with Crippen LogP contribution >= 0.6 is 8.17 Å². The van der Waals surface area contributed by atoms with E-state index in [-0.39, 0.29) is 11.5 Å². The fourth-order valence-electron chi connectivity index (χ4n) is 3.70. The molecule has 0 aliphatic carbocycles. The highest BCUT2D eigenvalue weighted by Gasteiger charge is 2.55. The first-order valence-electron chi connectivity index (χ1n) is 13.7. The number of carboxylic acids is 1. The van der Waals surface area contributed by atoms with E-state index in [1.807, 2.05) is 4.98 Å². The number of unbranched alkanes of at least 4 members (excludes halogenated alkanes) is 2. The van der Waals surface area contributed by atoms with Crippen LogP contribution in [0.3, 0.4) is 0 Å². The van der Waals surface area contributed by atoms with Gasteiger partial charge in [-0.3, -0.25) is 18.9 Å². The van der Waals surface area contributed by atoms with Gasteiger partial charge in [-0.1, -0.05) is 31.4 Å². The number of aromatic amines is 1. The Morgan fingerprint density at radius 2 is 1.88 bits per heavy atom. The van der Waals surface area contributed by atoms with Crippen molar-refractivity contribution in [2.24, 2.45) is 4.74 Å². The molecule has 0 radical (unpaired) electrons. The van der Waals surface area contributed by atoms with E-state index in [4.69, 9.17) is 23.8 Å². The Morgan fingerprint density at radius 3 is 2.47 bits per heavy atom. The zero-order chi connectivity index (χ0) is 32.2. The standard InChI is InChI=1S/C19H20F2N3O9P.C8H18O/c1-9(16(27)28)23-34(30)33-11-4-3-10(20)7-12(11)31-8-13-15(26)19(2,21)17(32-13)24-6-5-14(25)22-18(24)29;1-3-5-7-9-8-6-4-2/h3-7,9,13,15,17,26H,8H2,1-2H3,(H,27,28)(H,22,25,29);3-8H2,1-2H3/t9-,13+,15+,17+,19+;/m0./s1. The lowest BCUT2D eigenvalue weighted by atomic mass is 9.98. The van der Waals surface area contributed by atoms with Crippen LogP contribution in [-0.2, 0) is 14.3 Å². The Balaban J connectivity index is 0.000000621. The summed E-state index contributed by atoms with van der Waals surface area (Å²) in [6, 6.07) is 2.53. The first-order valence-corrected chi connectivity index (χ1v) is 14.9. The average molecular weight is 634 g/mol. The smallest absolute Gasteiger partial charge is 0.395 e. The number of alkyl halides is 1. The molecule has 43 heavy (non-hydrogen) atoms. The van der Waals surface area contributed by atoms with Crippen molar-refractivity contribution in [3.8, 4) is 11.5 Å². The number of nitrogens with zero attached hydrogens (tertiary/aromatic N) is 2. The monoisotopic (exact) mass is 633 g/mol. The van der Waals surface area contributed by atoms with Crippen molar-refractivity contribution in [3.63, 3.8) is 0 Å². The van der Waals surface area contributed by atoms with Crippen LogP contribution in [0.4, 0.5) is 8.78 Å². The number of rotatable bonds is 14. The van der Waals surface area contributed by atoms with Crippen molar-refractivity contribution in [1.29, 1.82) is 0 Å². The summed E-state index contributed by atoms with van der Waals surface area (Å²) < 4.78 is 54.4. The van der Waals surface area contributed by atoms with Crippen LogP contribution in [0, 0.1) is 5.82 Å². The molecule has 1 aliphatic rings. The van der Waals surface area contributed by atoms with Gasteiger partial charge in [-0.15, -0.1) is 0 Å². The summed E-state index contributed by atoms with van der Waals surface area (Å²) >= 11 is 0. The first-order chi connectivity index (χ1) is 20.3. The molecule has 1 aromatic carbocycles. The molecule has 16 heteroatoms. The van der Waals surface area contributed by atoms with E-state index >= 15 is 4.39 Å². The van der Waals surface area contributed by atoms with E-state index in [0.717, 1.165) is 55.2 Å². The fourth-order valence-corrected chi connectivity index (χ4v) is 4.45. The number of aliphatic carboxylic acids is 1. The molecule has 2 heterocycles. The Kier molecular flexibility index (Phi) is 14.4. The molecule has 1 aliphatic heterocycles. The minimum absolute atomic E-state index is 0.257. The molecule has 0 amide bonds.